The van der Waals surface area contributed by atoms with Crippen molar-refractivity contribution in [2.24, 2.45) is 0 Å². The van der Waals surface area contributed by atoms with Gasteiger partial charge in [-0.15, -0.1) is 11.3 Å². The average molecular weight is 477 g/mol. The lowest BCUT2D eigenvalue weighted by atomic mass is 10.0. The molecule has 5 rings (SSSR count). The van der Waals surface area contributed by atoms with Gasteiger partial charge in [0.05, 0.1) is 22.0 Å². The fourth-order valence-corrected chi connectivity index (χ4v) is 5.19. The Balaban J connectivity index is 1.32. The molecule has 2 aromatic carbocycles. The Morgan fingerprint density at radius 3 is 2.65 bits per heavy atom. The summed E-state index contributed by atoms with van der Waals surface area (Å²) in [6.07, 6.45) is 4.24. The number of urea groups is 1. The van der Waals surface area contributed by atoms with Crippen molar-refractivity contribution in [3.8, 4) is 10.4 Å². The van der Waals surface area contributed by atoms with Crippen LogP contribution in [0.3, 0.4) is 0 Å². The molecule has 0 saturated carbocycles. The summed E-state index contributed by atoms with van der Waals surface area (Å²) in [5.41, 5.74) is 4.45. The number of halogens is 2. The zero-order valence-electron chi connectivity index (χ0n) is 18.5. The van der Waals surface area contributed by atoms with Gasteiger partial charge < -0.3 is 10.2 Å². The minimum atomic E-state index is -0.323. The molecule has 1 N–H and O–H groups in total. The van der Waals surface area contributed by atoms with E-state index in [1.807, 2.05) is 19.1 Å². The second kappa shape index (κ2) is 9.30. The molecule has 1 atom stereocenters. The molecule has 0 radical (unpaired) electrons. The Morgan fingerprint density at radius 2 is 1.91 bits per heavy atom. The van der Waals surface area contributed by atoms with Crippen LogP contribution >= 0.6 is 11.3 Å². The number of nitrogens with one attached hydrogen (secondary N) is 1. The molecule has 0 fully saturated rings. The number of benzene rings is 2. The quantitative estimate of drug-likeness (QED) is 0.382. The molecule has 34 heavy (non-hydrogen) atoms. The van der Waals surface area contributed by atoms with Crippen LogP contribution < -0.4 is 5.32 Å². The minimum Gasteiger partial charge on any atom is -0.331 e. The van der Waals surface area contributed by atoms with Crippen molar-refractivity contribution < 1.29 is 13.6 Å². The lowest BCUT2D eigenvalue weighted by Crippen LogP contribution is -2.43. The van der Waals surface area contributed by atoms with E-state index in [4.69, 9.17) is 0 Å². The van der Waals surface area contributed by atoms with Gasteiger partial charge in [-0.25, -0.2) is 23.5 Å². The highest BCUT2D eigenvalue weighted by Crippen LogP contribution is 2.37. The highest BCUT2D eigenvalue weighted by molar-refractivity contribution is 7.22. The van der Waals surface area contributed by atoms with E-state index in [0.29, 0.717) is 19.5 Å². The number of carbonyl (C=O) groups is 1. The maximum absolute atomic E-state index is 13.5. The summed E-state index contributed by atoms with van der Waals surface area (Å²) in [6, 6.07) is 14.2. The summed E-state index contributed by atoms with van der Waals surface area (Å²) in [6.45, 7) is 2.85. The molecule has 4 aromatic rings. The number of carbonyl (C=O) groups excluding carboxylic acids is 1. The third kappa shape index (κ3) is 4.54. The molecule has 172 valence electrons. The zero-order valence-corrected chi connectivity index (χ0v) is 19.3. The zero-order chi connectivity index (χ0) is 23.7. The van der Waals surface area contributed by atoms with Crippen LogP contribution in [0.1, 0.15) is 30.6 Å². The van der Waals surface area contributed by atoms with E-state index in [2.05, 4.69) is 15.3 Å². The van der Waals surface area contributed by atoms with E-state index in [1.54, 1.807) is 46.8 Å². The fraction of sp³-hybridized carbons (Fsp3) is 0.192. The Bertz CT molecular complexity index is 1380. The summed E-state index contributed by atoms with van der Waals surface area (Å²) in [5.74, 6) is -0.590. The highest BCUT2D eigenvalue weighted by atomic mass is 32.1. The predicted octanol–water partition coefficient (Wildman–Crippen LogP) is 6.20. The maximum Gasteiger partial charge on any atom is 0.318 e. The van der Waals surface area contributed by atoms with Gasteiger partial charge in [0.15, 0.2) is 0 Å². The molecule has 8 heteroatoms. The number of aromatic nitrogens is 2. The van der Waals surface area contributed by atoms with Gasteiger partial charge in [0.25, 0.3) is 0 Å². The van der Waals surface area contributed by atoms with Gasteiger partial charge >= 0.3 is 6.03 Å². The maximum atomic E-state index is 13.5. The minimum absolute atomic E-state index is 0.186. The van der Waals surface area contributed by atoms with Gasteiger partial charge in [-0.3, -0.25) is 0 Å². The van der Waals surface area contributed by atoms with Crippen LogP contribution in [0.25, 0.3) is 26.2 Å². The molecule has 1 aliphatic heterocycles. The third-order valence-electron chi connectivity index (χ3n) is 5.93. The SMILES string of the molecule is C[C@H](NC(=O)N1CC=C(c2ncnc3cc(-c4ccc(F)cc4)sc23)CC1)c1cccc(F)c1. The molecular weight excluding hydrogens is 454 g/mol. The van der Waals surface area contributed by atoms with Crippen molar-refractivity contribution in [1.82, 2.24) is 20.2 Å². The molecule has 0 unspecified atom stereocenters. The molecule has 5 nitrogen and oxygen atoms in total. The highest BCUT2D eigenvalue weighted by Gasteiger charge is 2.22. The van der Waals surface area contributed by atoms with E-state index in [0.717, 1.165) is 37.5 Å². The first-order chi connectivity index (χ1) is 16.5. The summed E-state index contributed by atoms with van der Waals surface area (Å²) in [5, 5.41) is 2.94. The Labute approximate surface area is 199 Å². The van der Waals surface area contributed by atoms with Crippen LogP contribution in [0.2, 0.25) is 0 Å². The lowest BCUT2D eigenvalue weighted by molar-refractivity contribution is 0.199. The van der Waals surface area contributed by atoms with Gasteiger partial charge in [0.1, 0.15) is 18.0 Å². The second-order valence-corrected chi connectivity index (χ2v) is 9.26. The average Bonchev–Trinajstić information content (AvgIpc) is 3.29. The van der Waals surface area contributed by atoms with Crippen molar-refractivity contribution in [2.45, 2.75) is 19.4 Å². The van der Waals surface area contributed by atoms with Crippen molar-refractivity contribution in [3.05, 3.63) is 89.9 Å². The van der Waals surface area contributed by atoms with Crippen LogP contribution in [0.4, 0.5) is 13.6 Å². The van der Waals surface area contributed by atoms with Crippen LogP contribution in [-0.4, -0.2) is 34.0 Å². The van der Waals surface area contributed by atoms with Gasteiger partial charge in [0.2, 0.25) is 0 Å². The van der Waals surface area contributed by atoms with E-state index < -0.39 is 0 Å². The molecule has 0 bridgehead atoms. The van der Waals surface area contributed by atoms with E-state index in [1.165, 1.54) is 24.3 Å². The Morgan fingerprint density at radius 1 is 1.09 bits per heavy atom. The topological polar surface area (TPSA) is 58.1 Å². The van der Waals surface area contributed by atoms with Gasteiger partial charge in [-0.05, 0) is 60.4 Å². The first-order valence-corrected chi connectivity index (χ1v) is 11.8. The van der Waals surface area contributed by atoms with Crippen molar-refractivity contribution in [2.75, 3.05) is 13.1 Å². The third-order valence-corrected chi connectivity index (χ3v) is 7.11. The molecule has 0 spiro atoms. The number of thiophene rings is 1. The Kier molecular flexibility index (Phi) is 6.06. The molecule has 3 heterocycles. The molecule has 1 aliphatic rings. The Hall–Kier alpha value is -3.65. The smallest absolute Gasteiger partial charge is 0.318 e. The largest absolute Gasteiger partial charge is 0.331 e. The number of nitrogens with zero attached hydrogens (tertiary/aromatic N) is 3. The monoisotopic (exact) mass is 476 g/mol. The van der Waals surface area contributed by atoms with Crippen molar-refractivity contribution >= 4 is 33.2 Å². The standard InChI is InChI=1S/C26H22F2N4OS/c1-16(19-3-2-4-21(28)13-19)31-26(33)32-11-9-18(10-12-32)24-25-22(29-15-30-24)14-23(34-25)17-5-7-20(27)8-6-17/h2-9,13-16H,10-12H2,1H3,(H,31,33)/t16-/m0/s1. The first-order valence-electron chi connectivity index (χ1n) is 11.0. The normalized spacial score (nSPS) is 14.7. The van der Waals surface area contributed by atoms with E-state index in [-0.39, 0.29) is 23.7 Å². The van der Waals surface area contributed by atoms with Gasteiger partial charge in [-0.2, -0.15) is 0 Å². The molecule has 0 saturated heterocycles. The number of hydrogen-bond acceptors (Lipinski definition) is 4. The van der Waals surface area contributed by atoms with Crippen LogP contribution in [-0.2, 0) is 0 Å². The number of amides is 2. The van der Waals surface area contributed by atoms with Crippen molar-refractivity contribution in [1.29, 1.82) is 0 Å². The first kappa shape index (κ1) is 22.2. The van der Waals surface area contributed by atoms with Crippen molar-refractivity contribution in [3.63, 3.8) is 0 Å². The summed E-state index contributed by atoms with van der Waals surface area (Å²) in [7, 11) is 0. The van der Waals surface area contributed by atoms with Crippen LogP contribution in [0.15, 0.2) is 67.0 Å². The molecular formula is C26H22F2N4OS. The summed E-state index contributed by atoms with van der Waals surface area (Å²) < 4.78 is 27.8. The van der Waals surface area contributed by atoms with E-state index >= 15 is 0 Å². The number of rotatable bonds is 4. The van der Waals surface area contributed by atoms with Crippen LogP contribution in [0, 0.1) is 11.6 Å². The predicted molar refractivity (Wildman–Crippen MR) is 130 cm³/mol. The van der Waals surface area contributed by atoms with Gasteiger partial charge in [0, 0.05) is 18.0 Å². The summed E-state index contributed by atoms with van der Waals surface area (Å²) >= 11 is 1.58. The van der Waals surface area contributed by atoms with Gasteiger partial charge in [-0.1, -0.05) is 30.3 Å². The fourth-order valence-electron chi connectivity index (χ4n) is 4.04. The molecule has 0 aliphatic carbocycles. The molecule has 2 amide bonds. The lowest BCUT2D eigenvalue weighted by Gasteiger charge is -2.28. The van der Waals surface area contributed by atoms with Crippen LogP contribution in [0.5, 0.6) is 0 Å². The number of hydrogen-bond donors (Lipinski definition) is 1. The number of fused-ring (bicyclic) bond motifs is 1. The molecule has 2 aromatic heterocycles. The summed E-state index contributed by atoms with van der Waals surface area (Å²) in [4.78, 5) is 24.4. The second-order valence-electron chi connectivity index (χ2n) is 8.21. The van der Waals surface area contributed by atoms with E-state index in [9.17, 15) is 13.6 Å².